The highest BCUT2D eigenvalue weighted by molar-refractivity contribution is 7.89. The van der Waals surface area contributed by atoms with E-state index in [2.05, 4.69) is 0 Å². The van der Waals surface area contributed by atoms with Crippen molar-refractivity contribution in [3.63, 3.8) is 0 Å². The molecule has 0 aliphatic carbocycles. The highest BCUT2D eigenvalue weighted by atomic mass is 35.5. The number of sulfonamides is 1. The molecule has 0 spiro atoms. The molecule has 1 aliphatic heterocycles. The molecule has 1 fully saturated rings. The SMILES string of the molecule is Cc1cc(Cl)ccc1OC(=O)c1cccc(S(=O)(=O)N2CCCC2)c1. The van der Waals surface area contributed by atoms with Gasteiger partial charge in [0.1, 0.15) is 5.75 Å². The van der Waals surface area contributed by atoms with Crippen LogP contribution in [0.4, 0.5) is 0 Å². The number of halogens is 1. The molecule has 0 N–H and O–H groups in total. The van der Waals surface area contributed by atoms with Gasteiger partial charge >= 0.3 is 5.97 Å². The molecule has 3 rings (SSSR count). The van der Waals surface area contributed by atoms with Gasteiger partial charge in [-0.1, -0.05) is 17.7 Å². The van der Waals surface area contributed by atoms with Crippen LogP contribution < -0.4 is 4.74 Å². The summed E-state index contributed by atoms with van der Waals surface area (Å²) >= 11 is 5.89. The molecule has 7 heteroatoms. The van der Waals surface area contributed by atoms with Crippen LogP contribution in [0.25, 0.3) is 0 Å². The summed E-state index contributed by atoms with van der Waals surface area (Å²) in [5, 5.41) is 0.552. The topological polar surface area (TPSA) is 63.7 Å². The smallest absolute Gasteiger partial charge is 0.343 e. The molecule has 0 bridgehead atoms. The highest BCUT2D eigenvalue weighted by Crippen LogP contribution is 2.24. The van der Waals surface area contributed by atoms with Crippen LogP contribution in [0.3, 0.4) is 0 Å². The van der Waals surface area contributed by atoms with Crippen LogP contribution in [0.2, 0.25) is 5.02 Å². The van der Waals surface area contributed by atoms with Crippen molar-refractivity contribution in [1.82, 2.24) is 4.31 Å². The maximum Gasteiger partial charge on any atom is 0.343 e. The number of aryl methyl sites for hydroxylation is 1. The number of hydrogen-bond acceptors (Lipinski definition) is 4. The molecule has 5 nitrogen and oxygen atoms in total. The van der Waals surface area contributed by atoms with Gasteiger partial charge in [-0.15, -0.1) is 0 Å². The van der Waals surface area contributed by atoms with Gasteiger partial charge in [-0.3, -0.25) is 0 Å². The lowest BCUT2D eigenvalue weighted by molar-refractivity contribution is 0.0733. The lowest BCUT2D eigenvalue weighted by Gasteiger charge is -2.16. The van der Waals surface area contributed by atoms with Crippen LogP contribution in [0.5, 0.6) is 5.75 Å². The monoisotopic (exact) mass is 379 g/mol. The Morgan fingerprint density at radius 3 is 2.52 bits per heavy atom. The first-order valence-corrected chi connectivity index (χ1v) is 9.78. The quantitative estimate of drug-likeness (QED) is 0.600. The molecule has 1 saturated heterocycles. The highest BCUT2D eigenvalue weighted by Gasteiger charge is 2.27. The van der Waals surface area contributed by atoms with Gasteiger partial charge in [0.15, 0.2) is 0 Å². The van der Waals surface area contributed by atoms with Crippen LogP contribution in [0, 0.1) is 6.92 Å². The second-order valence-electron chi connectivity index (χ2n) is 5.94. The van der Waals surface area contributed by atoms with Gasteiger partial charge in [0.05, 0.1) is 10.5 Å². The van der Waals surface area contributed by atoms with Gasteiger partial charge < -0.3 is 4.74 Å². The number of carbonyl (C=O) groups is 1. The van der Waals surface area contributed by atoms with Crippen molar-refractivity contribution in [3.05, 3.63) is 58.6 Å². The zero-order chi connectivity index (χ0) is 18.0. The van der Waals surface area contributed by atoms with Crippen LogP contribution in [0.1, 0.15) is 28.8 Å². The van der Waals surface area contributed by atoms with Crippen molar-refractivity contribution in [2.24, 2.45) is 0 Å². The summed E-state index contributed by atoms with van der Waals surface area (Å²) in [6.45, 7) is 2.81. The molecule has 2 aromatic carbocycles. The zero-order valence-corrected chi connectivity index (χ0v) is 15.3. The summed E-state index contributed by atoms with van der Waals surface area (Å²) in [4.78, 5) is 12.5. The number of nitrogens with zero attached hydrogens (tertiary/aromatic N) is 1. The summed E-state index contributed by atoms with van der Waals surface area (Å²) in [6, 6.07) is 10.9. The van der Waals surface area contributed by atoms with Crippen LogP contribution in [0.15, 0.2) is 47.4 Å². The van der Waals surface area contributed by atoms with E-state index in [0.29, 0.717) is 23.9 Å². The van der Waals surface area contributed by atoms with E-state index >= 15 is 0 Å². The Morgan fingerprint density at radius 2 is 1.84 bits per heavy atom. The standard InChI is InChI=1S/C18H18ClNO4S/c1-13-11-15(19)7-8-17(13)24-18(21)14-5-4-6-16(12-14)25(22,23)20-9-2-3-10-20/h4-8,11-12H,2-3,9-10H2,1H3. The van der Waals surface area contributed by atoms with Gasteiger partial charge in [0.25, 0.3) is 0 Å². The van der Waals surface area contributed by atoms with Gasteiger partial charge in [-0.2, -0.15) is 4.31 Å². The molecule has 0 amide bonds. The average molecular weight is 380 g/mol. The van der Waals surface area contributed by atoms with E-state index in [1.807, 2.05) is 0 Å². The number of benzene rings is 2. The van der Waals surface area contributed by atoms with Crippen molar-refractivity contribution >= 4 is 27.6 Å². The maximum atomic E-state index is 12.6. The first-order chi connectivity index (χ1) is 11.9. The van der Waals surface area contributed by atoms with E-state index in [1.165, 1.54) is 22.5 Å². The van der Waals surface area contributed by atoms with E-state index in [0.717, 1.165) is 18.4 Å². The average Bonchev–Trinajstić information content (AvgIpc) is 3.13. The second kappa shape index (κ2) is 7.15. The molecule has 25 heavy (non-hydrogen) atoms. The molecule has 1 aliphatic rings. The predicted octanol–water partition coefficient (Wildman–Crippen LogP) is 3.65. The van der Waals surface area contributed by atoms with E-state index in [-0.39, 0.29) is 10.5 Å². The first-order valence-electron chi connectivity index (χ1n) is 7.96. The molecule has 1 heterocycles. The summed E-state index contributed by atoms with van der Waals surface area (Å²) in [7, 11) is -3.57. The second-order valence-corrected chi connectivity index (χ2v) is 8.31. The minimum atomic E-state index is -3.57. The van der Waals surface area contributed by atoms with Crippen LogP contribution >= 0.6 is 11.6 Å². The Balaban J connectivity index is 1.84. The third-order valence-corrected chi connectivity index (χ3v) is 6.24. The number of rotatable bonds is 4. The Morgan fingerprint density at radius 1 is 1.12 bits per heavy atom. The molecule has 0 radical (unpaired) electrons. The summed E-state index contributed by atoms with van der Waals surface area (Å²) in [6.07, 6.45) is 1.72. The summed E-state index contributed by atoms with van der Waals surface area (Å²) in [5.41, 5.74) is 0.913. The van der Waals surface area contributed by atoms with Gasteiger partial charge in [0.2, 0.25) is 10.0 Å². The molecule has 0 aromatic heterocycles. The fourth-order valence-corrected chi connectivity index (χ4v) is 4.54. The first kappa shape index (κ1) is 17.9. The molecule has 0 unspecified atom stereocenters. The zero-order valence-electron chi connectivity index (χ0n) is 13.7. The Bertz CT molecular complexity index is 905. The van der Waals surface area contributed by atoms with Crippen molar-refractivity contribution in [2.75, 3.05) is 13.1 Å². The number of carbonyl (C=O) groups excluding carboxylic acids is 1. The molecular weight excluding hydrogens is 362 g/mol. The van der Waals surface area contributed by atoms with Crippen LogP contribution in [-0.4, -0.2) is 31.8 Å². The normalized spacial score (nSPS) is 15.3. The largest absolute Gasteiger partial charge is 0.423 e. The van der Waals surface area contributed by atoms with Gasteiger partial charge in [-0.25, -0.2) is 13.2 Å². The number of hydrogen-bond donors (Lipinski definition) is 0. The molecule has 0 saturated carbocycles. The van der Waals surface area contributed by atoms with E-state index in [9.17, 15) is 13.2 Å². The van der Waals surface area contributed by atoms with Crippen LogP contribution in [-0.2, 0) is 10.0 Å². The third-order valence-electron chi connectivity index (χ3n) is 4.11. The van der Waals surface area contributed by atoms with Crippen molar-refractivity contribution in [1.29, 1.82) is 0 Å². The fraction of sp³-hybridized carbons (Fsp3) is 0.278. The lowest BCUT2D eigenvalue weighted by atomic mass is 10.2. The Kier molecular flexibility index (Phi) is 5.13. The summed E-state index contributed by atoms with van der Waals surface area (Å²) < 4.78 is 32.1. The van der Waals surface area contributed by atoms with Crippen molar-refractivity contribution in [3.8, 4) is 5.75 Å². The van der Waals surface area contributed by atoms with E-state index in [1.54, 1.807) is 31.2 Å². The maximum absolute atomic E-state index is 12.6. The molecule has 132 valence electrons. The Hall–Kier alpha value is -1.89. The lowest BCUT2D eigenvalue weighted by Crippen LogP contribution is -2.28. The molecule has 2 aromatic rings. The van der Waals surface area contributed by atoms with Crippen molar-refractivity contribution in [2.45, 2.75) is 24.7 Å². The van der Waals surface area contributed by atoms with E-state index in [4.69, 9.17) is 16.3 Å². The Labute approximate surface area is 152 Å². The summed E-state index contributed by atoms with van der Waals surface area (Å²) in [5.74, 6) is -0.217. The third kappa shape index (κ3) is 3.86. The minimum absolute atomic E-state index is 0.108. The van der Waals surface area contributed by atoms with Gasteiger partial charge in [-0.05, 0) is 61.7 Å². The predicted molar refractivity (Wildman–Crippen MR) is 95.6 cm³/mol. The fourth-order valence-electron chi connectivity index (χ4n) is 2.75. The number of esters is 1. The number of ether oxygens (including phenoxy) is 1. The van der Waals surface area contributed by atoms with Crippen molar-refractivity contribution < 1.29 is 17.9 Å². The van der Waals surface area contributed by atoms with E-state index < -0.39 is 16.0 Å². The molecule has 0 atom stereocenters. The minimum Gasteiger partial charge on any atom is -0.423 e. The van der Waals surface area contributed by atoms with Gasteiger partial charge in [0, 0.05) is 18.1 Å². The molecular formula is C18H18ClNO4S.